The van der Waals surface area contributed by atoms with Gasteiger partial charge in [-0.1, -0.05) is 6.07 Å². The smallest absolute Gasteiger partial charge is 0.186 e. The number of rotatable bonds is 2. The van der Waals surface area contributed by atoms with Gasteiger partial charge in [0.05, 0.1) is 9.79 Å². The average molecular weight is 220 g/mol. The van der Waals surface area contributed by atoms with Gasteiger partial charge in [0.1, 0.15) is 0 Å². The fourth-order valence-electron chi connectivity index (χ4n) is 0.813. The lowest BCUT2D eigenvalue weighted by Gasteiger charge is -1.99. The highest BCUT2D eigenvalue weighted by molar-refractivity contribution is 7.90. The molecule has 13 heavy (non-hydrogen) atoms. The van der Waals surface area contributed by atoms with Crippen molar-refractivity contribution in [2.24, 2.45) is 0 Å². The molecule has 0 heterocycles. The molecule has 0 amide bonds. The van der Waals surface area contributed by atoms with Gasteiger partial charge in [0.15, 0.2) is 20.9 Å². The molecule has 0 radical (unpaired) electrons. The molecule has 1 N–H and O–H groups in total. The van der Waals surface area contributed by atoms with Crippen molar-refractivity contribution in [3.63, 3.8) is 0 Å². The fraction of sp³-hybridized carbons (Fsp3) is 0.143. The Balaban J connectivity index is 3.29. The highest BCUT2D eigenvalue weighted by atomic mass is 32.2. The predicted molar refractivity (Wildman–Crippen MR) is 48.6 cm³/mol. The molecule has 1 aromatic carbocycles. The Hall–Kier alpha value is -0.720. The maximum absolute atomic E-state index is 11.0. The van der Waals surface area contributed by atoms with Crippen LogP contribution in [0.4, 0.5) is 0 Å². The van der Waals surface area contributed by atoms with Crippen molar-refractivity contribution in [1.82, 2.24) is 0 Å². The molecule has 1 rings (SSSR count). The Labute approximate surface area is 78.8 Å². The van der Waals surface area contributed by atoms with Crippen molar-refractivity contribution < 1.29 is 17.2 Å². The molecule has 0 spiro atoms. The van der Waals surface area contributed by atoms with Crippen molar-refractivity contribution in [2.75, 3.05) is 6.26 Å². The van der Waals surface area contributed by atoms with Gasteiger partial charge in [-0.2, -0.15) is 0 Å². The minimum atomic E-state index is -3.30. The molecule has 0 aliphatic heterocycles. The summed E-state index contributed by atoms with van der Waals surface area (Å²) in [6, 6.07) is 5.39. The van der Waals surface area contributed by atoms with Gasteiger partial charge in [0.2, 0.25) is 0 Å². The van der Waals surface area contributed by atoms with Crippen molar-refractivity contribution in [1.29, 1.82) is 0 Å². The van der Waals surface area contributed by atoms with Gasteiger partial charge in [-0.3, -0.25) is 0 Å². The van der Waals surface area contributed by atoms with Gasteiger partial charge in [-0.25, -0.2) is 12.6 Å². The maximum atomic E-state index is 11.0. The van der Waals surface area contributed by atoms with E-state index in [1.54, 1.807) is 0 Å². The van der Waals surface area contributed by atoms with E-state index in [4.69, 9.17) is 4.55 Å². The molecule has 0 aliphatic carbocycles. The summed E-state index contributed by atoms with van der Waals surface area (Å²) >= 11 is -2.14. The Morgan fingerprint density at radius 3 is 2.46 bits per heavy atom. The van der Waals surface area contributed by atoms with E-state index < -0.39 is 20.9 Å². The van der Waals surface area contributed by atoms with E-state index in [1.807, 2.05) is 0 Å². The van der Waals surface area contributed by atoms with Gasteiger partial charge < -0.3 is 4.55 Å². The molecule has 72 valence electrons. The van der Waals surface area contributed by atoms with Crippen molar-refractivity contribution in [3.8, 4) is 0 Å². The number of hydrogen-bond acceptors (Lipinski definition) is 3. The molecule has 1 unspecified atom stereocenters. The first kappa shape index (κ1) is 10.4. The third kappa shape index (κ3) is 2.61. The largest absolute Gasteiger partial charge is 0.302 e. The Bertz CT molecular complexity index is 436. The zero-order valence-electron chi connectivity index (χ0n) is 6.80. The zero-order valence-corrected chi connectivity index (χ0v) is 8.43. The molecule has 0 bridgehead atoms. The zero-order chi connectivity index (χ0) is 10.1. The van der Waals surface area contributed by atoms with Gasteiger partial charge in [0, 0.05) is 6.26 Å². The predicted octanol–water partition coefficient (Wildman–Crippen LogP) is 0.671. The third-order valence-electron chi connectivity index (χ3n) is 1.44. The lowest BCUT2D eigenvalue weighted by molar-refractivity contribution is 0.564. The Kier molecular flexibility index (Phi) is 2.84. The third-order valence-corrected chi connectivity index (χ3v) is 3.20. The van der Waals surface area contributed by atoms with Crippen LogP contribution in [-0.4, -0.2) is 23.4 Å². The van der Waals surface area contributed by atoms with Crippen LogP contribution in [0.15, 0.2) is 34.1 Å². The Morgan fingerprint density at radius 1 is 1.38 bits per heavy atom. The van der Waals surface area contributed by atoms with Crippen LogP contribution in [0.3, 0.4) is 0 Å². The average Bonchev–Trinajstić information content (AvgIpc) is 2.03. The molecule has 4 nitrogen and oxygen atoms in total. The quantitative estimate of drug-likeness (QED) is 0.744. The fourth-order valence-corrected chi connectivity index (χ4v) is 1.98. The summed E-state index contributed by atoms with van der Waals surface area (Å²) in [5.41, 5.74) is 0. The number of sulfone groups is 1. The molecule has 1 aromatic rings. The molecular weight excluding hydrogens is 212 g/mol. The molecule has 0 saturated heterocycles. The van der Waals surface area contributed by atoms with Gasteiger partial charge in [-0.05, 0) is 18.2 Å². The second-order valence-corrected chi connectivity index (χ2v) is 5.48. The monoisotopic (exact) mass is 220 g/mol. The normalized spacial score (nSPS) is 14.0. The van der Waals surface area contributed by atoms with Crippen LogP contribution < -0.4 is 0 Å². The maximum Gasteiger partial charge on any atom is 0.186 e. The topological polar surface area (TPSA) is 71.4 Å². The lowest BCUT2D eigenvalue weighted by Crippen LogP contribution is -1.98. The first-order valence-electron chi connectivity index (χ1n) is 3.32. The molecule has 0 saturated carbocycles. The first-order valence-corrected chi connectivity index (χ1v) is 6.32. The van der Waals surface area contributed by atoms with Crippen molar-refractivity contribution >= 4 is 20.9 Å². The summed E-state index contributed by atoms with van der Waals surface area (Å²) in [6.45, 7) is 0. The van der Waals surface area contributed by atoms with Gasteiger partial charge >= 0.3 is 0 Å². The summed E-state index contributed by atoms with van der Waals surface area (Å²) in [6.07, 6.45) is 1.05. The van der Waals surface area contributed by atoms with Crippen molar-refractivity contribution in [2.45, 2.75) is 9.79 Å². The van der Waals surface area contributed by atoms with E-state index in [0.29, 0.717) is 0 Å². The van der Waals surface area contributed by atoms with E-state index in [-0.39, 0.29) is 9.79 Å². The summed E-state index contributed by atoms with van der Waals surface area (Å²) in [5.74, 6) is 0. The number of hydrogen-bond donors (Lipinski definition) is 1. The summed E-state index contributed by atoms with van der Waals surface area (Å²) in [4.78, 5) is 0.135. The second kappa shape index (κ2) is 3.57. The second-order valence-electron chi connectivity index (χ2n) is 2.50. The van der Waals surface area contributed by atoms with Crippen LogP contribution >= 0.6 is 0 Å². The molecule has 0 fully saturated rings. The molecular formula is C7H8O4S2. The van der Waals surface area contributed by atoms with Gasteiger partial charge in [-0.15, -0.1) is 0 Å². The standard InChI is InChI=1S/C7H8O4S2/c1-13(10,11)7-4-2-3-6(5-7)12(8)9/h2-5H,1H3,(H,8,9). The molecule has 6 heteroatoms. The lowest BCUT2D eigenvalue weighted by atomic mass is 10.4. The van der Waals surface area contributed by atoms with Crippen molar-refractivity contribution in [3.05, 3.63) is 24.3 Å². The minimum absolute atomic E-state index is 0.0485. The minimum Gasteiger partial charge on any atom is -0.302 e. The van der Waals surface area contributed by atoms with Crippen LogP contribution in [0.25, 0.3) is 0 Å². The summed E-state index contributed by atoms with van der Waals surface area (Å²) in [5, 5.41) is 0. The summed E-state index contributed by atoms with van der Waals surface area (Å²) < 4.78 is 41.3. The number of benzene rings is 1. The first-order chi connectivity index (χ1) is 5.91. The molecule has 0 aromatic heterocycles. The highest BCUT2D eigenvalue weighted by Crippen LogP contribution is 2.12. The van der Waals surface area contributed by atoms with E-state index in [0.717, 1.165) is 6.26 Å². The molecule has 1 atom stereocenters. The summed E-state index contributed by atoms with van der Waals surface area (Å²) in [7, 11) is -3.30. The Morgan fingerprint density at radius 2 is 2.00 bits per heavy atom. The van der Waals surface area contributed by atoms with Crippen LogP contribution in [0.5, 0.6) is 0 Å². The van der Waals surface area contributed by atoms with E-state index in [2.05, 4.69) is 0 Å². The molecule has 0 aliphatic rings. The SMILES string of the molecule is CS(=O)(=O)c1cccc(S(=O)O)c1. The van der Waals surface area contributed by atoms with Crippen LogP contribution in [0.1, 0.15) is 0 Å². The van der Waals surface area contributed by atoms with E-state index in [9.17, 15) is 12.6 Å². The van der Waals surface area contributed by atoms with E-state index >= 15 is 0 Å². The highest BCUT2D eigenvalue weighted by Gasteiger charge is 2.08. The van der Waals surface area contributed by atoms with Crippen LogP contribution in [-0.2, 0) is 20.9 Å². The van der Waals surface area contributed by atoms with Crippen LogP contribution in [0, 0.1) is 0 Å². The van der Waals surface area contributed by atoms with E-state index in [1.165, 1.54) is 24.3 Å². The van der Waals surface area contributed by atoms with Crippen LogP contribution in [0.2, 0.25) is 0 Å². The van der Waals surface area contributed by atoms with Gasteiger partial charge in [0.25, 0.3) is 0 Å².